The molecule has 1 aromatic carbocycles. The molecule has 4 heteroatoms. The molecule has 0 radical (unpaired) electrons. The summed E-state index contributed by atoms with van der Waals surface area (Å²) in [6.07, 6.45) is 0. The van der Waals surface area contributed by atoms with Crippen LogP contribution in [-0.4, -0.2) is 5.16 Å². The fraction of sp³-hybridized carbons (Fsp3) is 0.250. The van der Waals surface area contributed by atoms with Crippen molar-refractivity contribution in [3.8, 4) is 5.75 Å². The maximum atomic E-state index is 5.70. The van der Waals surface area contributed by atoms with E-state index in [2.05, 4.69) is 21.1 Å². The molecular weight excluding hydrogens is 270 g/mol. The van der Waals surface area contributed by atoms with E-state index in [9.17, 15) is 0 Å². The van der Waals surface area contributed by atoms with Crippen molar-refractivity contribution in [1.29, 1.82) is 0 Å². The first kappa shape index (κ1) is 11.2. The third kappa shape index (κ3) is 2.27. The second-order valence-corrected chi connectivity index (χ2v) is 4.38. The first-order valence-electron chi connectivity index (χ1n) is 4.97. The van der Waals surface area contributed by atoms with Crippen LogP contribution < -0.4 is 4.74 Å². The van der Waals surface area contributed by atoms with Crippen molar-refractivity contribution in [2.45, 2.75) is 20.5 Å². The van der Waals surface area contributed by atoms with Crippen LogP contribution >= 0.6 is 15.9 Å². The molecule has 0 saturated carbocycles. The number of hydrogen-bond donors (Lipinski definition) is 0. The fourth-order valence-corrected chi connectivity index (χ4v) is 1.82. The Labute approximate surface area is 103 Å². The van der Waals surface area contributed by atoms with Gasteiger partial charge in [-0.3, -0.25) is 0 Å². The Bertz CT molecular complexity index is 474. The van der Waals surface area contributed by atoms with E-state index in [-0.39, 0.29) is 0 Å². The van der Waals surface area contributed by atoms with Gasteiger partial charge >= 0.3 is 0 Å². The molecule has 0 spiro atoms. The minimum atomic E-state index is 0.476. The van der Waals surface area contributed by atoms with Crippen molar-refractivity contribution in [3.05, 3.63) is 45.8 Å². The molecule has 1 heterocycles. The van der Waals surface area contributed by atoms with Crippen LogP contribution in [0.15, 0.2) is 33.3 Å². The summed E-state index contributed by atoms with van der Waals surface area (Å²) < 4.78 is 11.7. The molecule has 1 aromatic heterocycles. The molecule has 0 atom stereocenters. The lowest BCUT2D eigenvalue weighted by molar-refractivity contribution is 0.300. The largest absolute Gasteiger partial charge is 0.488 e. The quantitative estimate of drug-likeness (QED) is 0.862. The second kappa shape index (κ2) is 4.70. The van der Waals surface area contributed by atoms with Crippen molar-refractivity contribution in [2.75, 3.05) is 0 Å². The van der Waals surface area contributed by atoms with Crippen molar-refractivity contribution in [2.24, 2.45) is 0 Å². The standard InChI is InChI=1S/C12H12BrNO2/c1-8-10(9(2)16-14-8)7-15-12-6-4-3-5-11(12)13/h3-6H,7H2,1-2H3. The van der Waals surface area contributed by atoms with Gasteiger partial charge in [0.2, 0.25) is 0 Å². The summed E-state index contributed by atoms with van der Waals surface area (Å²) in [5.41, 5.74) is 1.89. The number of rotatable bonds is 3. The first-order valence-corrected chi connectivity index (χ1v) is 5.77. The van der Waals surface area contributed by atoms with Gasteiger partial charge < -0.3 is 9.26 Å². The lowest BCUT2D eigenvalue weighted by Gasteiger charge is -2.07. The highest BCUT2D eigenvalue weighted by Gasteiger charge is 2.10. The zero-order valence-corrected chi connectivity index (χ0v) is 10.7. The van der Waals surface area contributed by atoms with Gasteiger partial charge in [0.25, 0.3) is 0 Å². The highest BCUT2D eigenvalue weighted by Crippen LogP contribution is 2.25. The van der Waals surface area contributed by atoms with E-state index in [1.54, 1.807) is 0 Å². The summed E-state index contributed by atoms with van der Waals surface area (Å²) in [6.45, 7) is 4.28. The maximum Gasteiger partial charge on any atom is 0.140 e. The van der Waals surface area contributed by atoms with E-state index in [4.69, 9.17) is 9.26 Å². The van der Waals surface area contributed by atoms with Gasteiger partial charge in [0.1, 0.15) is 18.1 Å². The number of ether oxygens (including phenoxy) is 1. The summed E-state index contributed by atoms with van der Waals surface area (Å²) in [5.74, 6) is 1.63. The lowest BCUT2D eigenvalue weighted by Crippen LogP contribution is -1.98. The number of aromatic nitrogens is 1. The predicted octanol–water partition coefficient (Wildman–Crippen LogP) is 3.63. The normalized spacial score (nSPS) is 10.4. The lowest BCUT2D eigenvalue weighted by atomic mass is 10.2. The highest BCUT2D eigenvalue weighted by molar-refractivity contribution is 9.10. The summed E-state index contributed by atoms with van der Waals surface area (Å²) in [6, 6.07) is 7.76. The van der Waals surface area contributed by atoms with Crippen LogP contribution in [0, 0.1) is 13.8 Å². The Morgan fingerprint density at radius 3 is 2.69 bits per heavy atom. The van der Waals surface area contributed by atoms with Gasteiger partial charge in [0.15, 0.2) is 0 Å². The van der Waals surface area contributed by atoms with Crippen LogP contribution in [0.4, 0.5) is 0 Å². The van der Waals surface area contributed by atoms with E-state index in [0.29, 0.717) is 6.61 Å². The molecule has 0 aliphatic heterocycles. The molecule has 0 amide bonds. The predicted molar refractivity (Wildman–Crippen MR) is 64.5 cm³/mol. The summed E-state index contributed by atoms with van der Waals surface area (Å²) in [7, 11) is 0. The van der Waals surface area contributed by atoms with Crippen molar-refractivity contribution >= 4 is 15.9 Å². The van der Waals surface area contributed by atoms with E-state index >= 15 is 0 Å². The van der Waals surface area contributed by atoms with E-state index < -0.39 is 0 Å². The number of benzene rings is 1. The number of hydrogen-bond acceptors (Lipinski definition) is 3. The zero-order valence-electron chi connectivity index (χ0n) is 9.16. The van der Waals surface area contributed by atoms with Crippen molar-refractivity contribution in [1.82, 2.24) is 5.16 Å². The van der Waals surface area contributed by atoms with Crippen molar-refractivity contribution < 1.29 is 9.26 Å². The van der Waals surface area contributed by atoms with Crippen LogP contribution in [-0.2, 0) is 6.61 Å². The average molecular weight is 282 g/mol. The Kier molecular flexibility index (Phi) is 3.29. The summed E-state index contributed by atoms with van der Waals surface area (Å²) >= 11 is 3.43. The van der Waals surface area contributed by atoms with Gasteiger partial charge in [-0.2, -0.15) is 0 Å². The number of nitrogens with zero attached hydrogens (tertiary/aromatic N) is 1. The number of halogens is 1. The molecule has 0 N–H and O–H groups in total. The molecule has 0 fully saturated rings. The Morgan fingerprint density at radius 1 is 1.31 bits per heavy atom. The third-order valence-corrected chi connectivity index (χ3v) is 3.04. The minimum absolute atomic E-state index is 0.476. The van der Waals surface area contributed by atoms with Gasteiger partial charge in [-0.1, -0.05) is 17.3 Å². The maximum absolute atomic E-state index is 5.70. The zero-order chi connectivity index (χ0) is 11.5. The van der Waals surface area contributed by atoms with Crippen LogP contribution in [0.2, 0.25) is 0 Å². The summed E-state index contributed by atoms with van der Waals surface area (Å²) in [4.78, 5) is 0. The minimum Gasteiger partial charge on any atom is -0.488 e. The number of para-hydroxylation sites is 1. The van der Waals surface area contributed by atoms with Crippen LogP contribution in [0.25, 0.3) is 0 Å². The van der Waals surface area contributed by atoms with E-state index in [1.165, 1.54) is 0 Å². The summed E-state index contributed by atoms with van der Waals surface area (Å²) in [5, 5.41) is 3.88. The molecule has 84 valence electrons. The Hall–Kier alpha value is -1.29. The van der Waals surface area contributed by atoms with Gasteiger partial charge in [0.05, 0.1) is 15.7 Å². The smallest absolute Gasteiger partial charge is 0.140 e. The molecule has 3 nitrogen and oxygen atoms in total. The van der Waals surface area contributed by atoms with Crippen LogP contribution in [0.5, 0.6) is 5.75 Å². The fourth-order valence-electron chi connectivity index (χ4n) is 1.42. The second-order valence-electron chi connectivity index (χ2n) is 3.52. The van der Waals surface area contributed by atoms with Crippen molar-refractivity contribution in [3.63, 3.8) is 0 Å². The molecule has 0 saturated heterocycles. The van der Waals surface area contributed by atoms with E-state index in [0.717, 1.165) is 27.2 Å². The topological polar surface area (TPSA) is 35.3 Å². The molecule has 2 rings (SSSR count). The van der Waals surface area contributed by atoms with Gasteiger partial charge in [0, 0.05) is 0 Å². The molecule has 2 aromatic rings. The molecule has 16 heavy (non-hydrogen) atoms. The molecule has 0 aliphatic rings. The van der Waals surface area contributed by atoms with Gasteiger partial charge in [-0.25, -0.2) is 0 Å². The van der Waals surface area contributed by atoms with Crippen LogP contribution in [0.1, 0.15) is 17.0 Å². The van der Waals surface area contributed by atoms with Gasteiger partial charge in [-0.15, -0.1) is 0 Å². The highest BCUT2D eigenvalue weighted by atomic mass is 79.9. The Morgan fingerprint density at radius 2 is 2.06 bits per heavy atom. The molecule has 0 bridgehead atoms. The van der Waals surface area contributed by atoms with Crippen LogP contribution in [0.3, 0.4) is 0 Å². The monoisotopic (exact) mass is 281 g/mol. The molecule has 0 aliphatic carbocycles. The number of aryl methyl sites for hydroxylation is 2. The SMILES string of the molecule is Cc1noc(C)c1COc1ccccc1Br. The molecule has 0 unspecified atom stereocenters. The average Bonchev–Trinajstić information content (AvgIpc) is 2.58. The molecular formula is C12H12BrNO2. The third-order valence-electron chi connectivity index (χ3n) is 2.39. The van der Waals surface area contributed by atoms with Gasteiger partial charge in [-0.05, 0) is 41.9 Å². The van der Waals surface area contributed by atoms with E-state index in [1.807, 2.05) is 38.1 Å². The first-order chi connectivity index (χ1) is 7.68. The Balaban J connectivity index is 2.11.